The van der Waals surface area contributed by atoms with Gasteiger partial charge in [-0.25, -0.2) is 4.79 Å². The number of anilines is 1. The van der Waals surface area contributed by atoms with Gasteiger partial charge >= 0.3 is 12.0 Å². The molecule has 0 aromatic heterocycles. The van der Waals surface area contributed by atoms with Gasteiger partial charge in [0, 0.05) is 12.1 Å². The van der Waals surface area contributed by atoms with Gasteiger partial charge in [0.25, 0.3) is 0 Å². The second-order valence-electron chi connectivity index (χ2n) is 12.0. The standard InChI is InChI=1S/C32H43N3O5/c1-32(2,3)40-29(36)21-34-27(23-14-9-6-10-15-23)18-24(22-12-7-5-8-13-22)19-28(30(34)37)35(31(33)38)25-16-11-17-26(20-25)39-4/h5,7-8,11-13,16-17,20,23-24,27-28H,6,9-10,14-15,18-19,21H2,1-4H3,(H2,33,38). The predicted octanol–water partition coefficient (Wildman–Crippen LogP) is 5.65. The number of hydrogen-bond acceptors (Lipinski definition) is 5. The molecule has 1 saturated carbocycles. The Morgan fingerprint density at radius 3 is 2.33 bits per heavy atom. The molecule has 40 heavy (non-hydrogen) atoms. The summed E-state index contributed by atoms with van der Waals surface area (Å²) in [7, 11) is 1.55. The Bertz CT molecular complexity index is 1170. The number of rotatable bonds is 7. The maximum absolute atomic E-state index is 14.6. The van der Waals surface area contributed by atoms with Crippen LogP contribution in [0.3, 0.4) is 0 Å². The smallest absolute Gasteiger partial charge is 0.326 e. The second kappa shape index (κ2) is 12.7. The summed E-state index contributed by atoms with van der Waals surface area (Å²) in [6.45, 7) is 5.29. The third-order valence-electron chi connectivity index (χ3n) is 8.07. The first kappa shape index (κ1) is 29.4. The van der Waals surface area contributed by atoms with E-state index in [0.717, 1.165) is 31.2 Å². The Morgan fingerprint density at radius 2 is 1.70 bits per heavy atom. The number of urea groups is 1. The zero-order valence-electron chi connectivity index (χ0n) is 24.2. The van der Waals surface area contributed by atoms with Crippen molar-refractivity contribution in [2.75, 3.05) is 18.6 Å². The van der Waals surface area contributed by atoms with Gasteiger partial charge in [0.1, 0.15) is 23.9 Å². The minimum absolute atomic E-state index is 0.0156. The number of carbonyl (C=O) groups excluding carboxylic acids is 3. The molecule has 216 valence electrons. The zero-order valence-corrected chi connectivity index (χ0v) is 24.2. The summed E-state index contributed by atoms with van der Waals surface area (Å²) in [4.78, 5) is 43.9. The van der Waals surface area contributed by atoms with Crippen LogP contribution in [0.25, 0.3) is 0 Å². The van der Waals surface area contributed by atoms with Crippen LogP contribution in [0.5, 0.6) is 5.75 Å². The van der Waals surface area contributed by atoms with Crippen LogP contribution in [0.15, 0.2) is 54.6 Å². The highest BCUT2D eigenvalue weighted by atomic mass is 16.6. The van der Waals surface area contributed by atoms with Crippen molar-refractivity contribution >= 4 is 23.6 Å². The van der Waals surface area contributed by atoms with Crippen LogP contribution in [-0.2, 0) is 14.3 Å². The number of nitrogens with two attached hydrogens (primary N) is 1. The molecule has 2 fully saturated rings. The second-order valence-corrected chi connectivity index (χ2v) is 12.0. The van der Waals surface area contributed by atoms with E-state index in [2.05, 4.69) is 12.1 Å². The first-order valence-electron chi connectivity index (χ1n) is 14.4. The molecule has 0 spiro atoms. The lowest BCUT2D eigenvalue weighted by molar-refractivity contribution is -0.160. The molecule has 1 heterocycles. The van der Waals surface area contributed by atoms with Crippen molar-refractivity contribution in [3.05, 3.63) is 60.2 Å². The summed E-state index contributed by atoms with van der Waals surface area (Å²) in [5.74, 6) is 0.0734. The largest absolute Gasteiger partial charge is 0.497 e. The molecule has 2 aliphatic rings. The van der Waals surface area contributed by atoms with Crippen molar-refractivity contribution in [3.63, 3.8) is 0 Å². The van der Waals surface area contributed by atoms with Crippen LogP contribution in [0.1, 0.15) is 77.2 Å². The number of nitrogens with zero attached hydrogens (tertiary/aromatic N) is 2. The Kier molecular flexibility index (Phi) is 9.38. The molecule has 1 aliphatic carbocycles. The average Bonchev–Trinajstić information content (AvgIpc) is 3.06. The lowest BCUT2D eigenvalue weighted by Gasteiger charge is -2.39. The minimum atomic E-state index is -0.897. The normalized spacial score (nSPS) is 22.4. The maximum atomic E-state index is 14.6. The average molecular weight is 550 g/mol. The van der Waals surface area contributed by atoms with E-state index in [1.165, 1.54) is 11.3 Å². The number of likely N-dealkylation sites (tertiary alicyclic amines) is 1. The van der Waals surface area contributed by atoms with Gasteiger partial charge in [0.2, 0.25) is 5.91 Å². The van der Waals surface area contributed by atoms with Crippen molar-refractivity contribution in [1.82, 2.24) is 4.90 Å². The molecule has 4 rings (SSSR count). The third-order valence-corrected chi connectivity index (χ3v) is 8.07. The van der Waals surface area contributed by atoms with Crippen LogP contribution in [0.4, 0.5) is 10.5 Å². The van der Waals surface area contributed by atoms with E-state index in [1.807, 2.05) is 39.0 Å². The van der Waals surface area contributed by atoms with Crippen molar-refractivity contribution in [1.29, 1.82) is 0 Å². The van der Waals surface area contributed by atoms with E-state index in [0.29, 0.717) is 24.3 Å². The topological polar surface area (TPSA) is 102 Å². The van der Waals surface area contributed by atoms with E-state index in [9.17, 15) is 14.4 Å². The van der Waals surface area contributed by atoms with E-state index in [1.54, 1.807) is 36.3 Å². The Balaban J connectivity index is 1.81. The molecule has 0 radical (unpaired) electrons. The molecule has 1 saturated heterocycles. The molecule has 8 heteroatoms. The summed E-state index contributed by atoms with van der Waals surface area (Å²) in [6.07, 6.45) is 6.48. The van der Waals surface area contributed by atoms with Crippen LogP contribution in [0, 0.1) is 5.92 Å². The summed E-state index contributed by atoms with van der Waals surface area (Å²) < 4.78 is 11.1. The van der Waals surface area contributed by atoms with Crippen LogP contribution < -0.4 is 15.4 Å². The van der Waals surface area contributed by atoms with Crippen molar-refractivity contribution in [2.24, 2.45) is 11.7 Å². The van der Waals surface area contributed by atoms with Crippen molar-refractivity contribution in [2.45, 2.75) is 89.3 Å². The molecule has 2 aromatic carbocycles. The van der Waals surface area contributed by atoms with Gasteiger partial charge in [-0.3, -0.25) is 14.5 Å². The van der Waals surface area contributed by atoms with E-state index < -0.39 is 23.6 Å². The fourth-order valence-corrected chi connectivity index (χ4v) is 6.35. The first-order valence-corrected chi connectivity index (χ1v) is 14.4. The van der Waals surface area contributed by atoms with Gasteiger partial charge in [-0.1, -0.05) is 55.7 Å². The molecule has 2 aromatic rings. The minimum Gasteiger partial charge on any atom is -0.497 e. The molecule has 3 unspecified atom stereocenters. The Morgan fingerprint density at radius 1 is 1.00 bits per heavy atom. The quantitative estimate of drug-likeness (QED) is 0.450. The number of ether oxygens (including phenoxy) is 2. The van der Waals surface area contributed by atoms with Gasteiger partial charge in [0.15, 0.2) is 0 Å². The van der Waals surface area contributed by atoms with Gasteiger partial charge in [-0.2, -0.15) is 0 Å². The fraction of sp³-hybridized carbons (Fsp3) is 0.531. The number of esters is 1. The fourth-order valence-electron chi connectivity index (χ4n) is 6.35. The molecule has 1 aliphatic heterocycles. The molecular formula is C32H43N3O5. The molecule has 3 atom stereocenters. The van der Waals surface area contributed by atoms with Gasteiger partial charge in [0.05, 0.1) is 12.8 Å². The Hall–Kier alpha value is -3.55. The molecule has 8 nitrogen and oxygen atoms in total. The number of amides is 3. The van der Waals surface area contributed by atoms with Crippen molar-refractivity contribution < 1.29 is 23.9 Å². The lowest BCUT2D eigenvalue weighted by atomic mass is 9.78. The van der Waals surface area contributed by atoms with Gasteiger partial charge < -0.3 is 20.1 Å². The monoisotopic (exact) mass is 549 g/mol. The molecule has 0 bridgehead atoms. The van der Waals surface area contributed by atoms with Crippen LogP contribution in [-0.4, -0.2) is 54.1 Å². The lowest BCUT2D eigenvalue weighted by Crippen LogP contribution is -2.56. The summed E-state index contributed by atoms with van der Waals surface area (Å²) in [5, 5.41) is 0. The predicted molar refractivity (Wildman–Crippen MR) is 155 cm³/mol. The highest BCUT2D eigenvalue weighted by Gasteiger charge is 2.45. The number of methoxy groups -OCH3 is 1. The van der Waals surface area contributed by atoms with Gasteiger partial charge in [-0.05, 0) is 76.0 Å². The molecular weight excluding hydrogens is 506 g/mol. The number of carbonyl (C=O) groups is 3. The van der Waals surface area contributed by atoms with E-state index >= 15 is 0 Å². The first-order chi connectivity index (χ1) is 19.1. The Labute approximate surface area is 237 Å². The van der Waals surface area contributed by atoms with E-state index in [4.69, 9.17) is 15.2 Å². The number of primary amides is 1. The van der Waals surface area contributed by atoms with Gasteiger partial charge in [-0.15, -0.1) is 0 Å². The summed E-state index contributed by atoms with van der Waals surface area (Å²) in [5.41, 5.74) is 6.88. The molecule has 2 N–H and O–H groups in total. The SMILES string of the molecule is COc1cccc(N(C(N)=O)C2CC(c3ccccc3)CC(C3CCCCC3)N(CC(=O)OC(C)(C)C)C2=O)c1. The highest BCUT2D eigenvalue weighted by Crippen LogP contribution is 2.41. The summed E-state index contributed by atoms with van der Waals surface area (Å²) in [6, 6.07) is 15.3. The van der Waals surface area contributed by atoms with Crippen molar-refractivity contribution in [3.8, 4) is 5.75 Å². The van der Waals surface area contributed by atoms with Crippen LogP contribution in [0.2, 0.25) is 0 Å². The summed E-state index contributed by atoms with van der Waals surface area (Å²) >= 11 is 0. The highest BCUT2D eigenvalue weighted by molar-refractivity contribution is 6.00. The van der Waals surface area contributed by atoms with Crippen LogP contribution >= 0.6 is 0 Å². The number of hydrogen-bond donors (Lipinski definition) is 1. The zero-order chi connectivity index (χ0) is 28.9. The third kappa shape index (κ3) is 7.14. The maximum Gasteiger partial charge on any atom is 0.326 e. The number of benzene rings is 2. The van der Waals surface area contributed by atoms with E-state index in [-0.39, 0.29) is 30.3 Å². The molecule has 3 amide bonds.